The average Bonchev–Trinajstić information content (AvgIpc) is 2.48. The number of hydrogen-bond donors (Lipinski definition) is 1. The summed E-state index contributed by atoms with van der Waals surface area (Å²) in [6, 6.07) is 7.17. The van der Waals surface area contributed by atoms with Crippen molar-refractivity contribution in [2.45, 2.75) is 32.6 Å². The molecular weight excluding hydrogens is 264 g/mol. The Hall–Kier alpha value is -2.52. The molecular formula is C18H20O3. The van der Waals surface area contributed by atoms with Gasteiger partial charge in [-0.15, -0.1) is 0 Å². The predicted octanol–water partition coefficient (Wildman–Crippen LogP) is 3.12. The van der Waals surface area contributed by atoms with Gasteiger partial charge in [0.15, 0.2) is 0 Å². The van der Waals surface area contributed by atoms with E-state index in [1.54, 1.807) is 12.1 Å². The van der Waals surface area contributed by atoms with E-state index in [1.807, 2.05) is 12.1 Å². The molecule has 1 saturated carbocycles. The zero-order chi connectivity index (χ0) is 15.3. The van der Waals surface area contributed by atoms with E-state index in [0.717, 1.165) is 18.4 Å². The molecule has 1 N–H and O–H groups in total. The molecule has 0 bridgehead atoms. The van der Waals surface area contributed by atoms with Crippen LogP contribution in [-0.2, 0) is 9.59 Å². The van der Waals surface area contributed by atoms with Gasteiger partial charge >= 0.3 is 5.97 Å². The van der Waals surface area contributed by atoms with Crippen molar-refractivity contribution in [3.05, 3.63) is 35.4 Å². The molecule has 3 nitrogen and oxygen atoms in total. The minimum Gasteiger partial charge on any atom is -0.472 e. The van der Waals surface area contributed by atoms with Crippen molar-refractivity contribution in [1.29, 1.82) is 0 Å². The molecule has 0 amide bonds. The summed E-state index contributed by atoms with van der Waals surface area (Å²) in [5, 5.41) is 8.49. The van der Waals surface area contributed by atoms with Crippen molar-refractivity contribution < 1.29 is 17.5 Å². The molecule has 0 radical (unpaired) electrons. The first-order valence-corrected chi connectivity index (χ1v) is 6.87. The third-order valence-corrected chi connectivity index (χ3v) is 3.62. The lowest BCUT2D eigenvalue weighted by Gasteiger charge is -2.27. The standard InChI is InChI=1S/C18H16O3.2H2/c1-18(12-9-16(19)10-13-18)11-8-15-4-2-14(3-5-15)6-7-17(20)21;;/h2-5H,9-10,12-13H2,1H3,(H,20,21);2*1H. The lowest BCUT2D eigenvalue weighted by Crippen LogP contribution is -2.22. The van der Waals surface area contributed by atoms with E-state index in [-0.39, 0.29) is 8.27 Å². The van der Waals surface area contributed by atoms with Crippen LogP contribution in [0.3, 0.4) is 0 Å². The summed E-state index contributed by atoms with van der Waals surface area (Å²) in [7, 11) is 0. The van der Waals surface area contributed by atoms with Crippen molar-refractivity contribution in [2.75, 3.05) is 0 Å². The summed E-state index contributed by atoms with van der Waals surface area (Å²) in [6.45, 7) is 2.10. The number of carboxylic acid groups (broad SMARTS) is 1. The normalized spacial score (nSPS) is 16.1. The van der Waals surface area contributed by atoms with Gasteiger partial charge in [0, 0.05) is 38.2 Å². The van der Waals surface area contributed by atoms with Crippen molar-refractivity contribution in [3.63, 3.8) is 0 Å². The Morgan fingerprint density at radius 1 is 1.14 bits per heavy atom. The Labute approximate surface area is 127 Å². The average molecular weight is 284 g/mol. The molecule has 21 heavy (non-hydrogen) atoms. The van der Waals surface area contributed by atoms with E-state index in [9.17, 15) is 9.59 Å². The number of rotatable bonds is 0. The highest BCUT2D eigenvalue weighted by molar-refractivity contribution is 5.87. The van der Waals surface area contributed by atoms with E-state index in [4.69, 9.17) is 5.11 Å². The summed E-state index contributed by atoms with van der Waals surface area (Å²) in [5.41, 5.74) is 1.43. The molecule has 0 atom stereocenters. The van der Waals surface area contributed by atoms with E-state index >= 15 is 0 Å². The smallest absolute Gasteiger partial charge is 0.382 e. The number of Topliss-reactive ketones (excluding diaryl/α,β-unsaturated/α-hetero) is 1. The fourth-order valence-electron chi connectivity index (χ4n) is 2.19. The number of hydrogen-bond acceptors (Lipinski definition) is 2. The van der Waals surface area contributed by atoms with Gasteiger partial charge in [0.25, 0.3) is 0 Å². The molecule has 3 heteroatoms. The molecule has 1 aliphatic rings. The number of aliphatic carboxylic acids is 1. The quantitative estimate of drug-likeness (QED) is 0.745. The van der Waals surface area contributed by atoms with Gasteiger partial charge in [-0.1, -0.05) is 17.8 Å². The van der Waals surface area contributed by atoms with E-state index in [2.05, 4.69) is 30.6 Å². The van der Waals surface area contributed by atoms with Crippen LogP contribution in [0.5, 0.6) is 0 Å². The Morgan fingerprint density at radius 2 is 1.67 bits per heavy atom. The largest absolute Gasteiger partial charge is 0.472 e. The van der Waals surface area contributed by atoms with Crippen molar-refractivity contribution >= 4 is 11.8 Å². The van der Waals surface area contributed by atoms with Crippen LogP contribution in [0.15, 0.2) is 24.3 Å². The van der Waals surface area contributed by atoms with Crippen LogP contribution in [0.25, 0.3) is 0 Å². The molecule has 1 aliphatic carbocycles. The molecule has 2 rings (SSSR count). The second-order valence-electron chi connectivity index (χ2n) is 5.48. The Kier molecular flexibility index (Phi) is 4.45. The molecule has 1 aromatic rings. The number of benzene rings is 1. The van der Waals surface area contributed by atoms with Crippen LogP contribution < -0.4 is 0 Å². The first-order valence-electron chi connectivity index (χ1n) is 6.87. The molecule has 0 aliphatic heterocycles. The third-order valence-electron chi connectivity index (χ3n) is 3.62. The second-order valence-corrected chi connectivity index (χ2v) is 5.48. The number of ketones is 1. The summed E-state index contributed by atoms with van der Waals surface area (Å²) in [6.07, 6.45) is 2.88. The SMILES string of the molecule is CC1(C#Cc2ccc(C#CC(=O)O)cc2)CCC(=O)CC1.[HH].[HH]. The highest BCUT2D eigenvalue weighted by Crippen LogP contribution is 2.33. The molecule has 0 unspecified atom stereocenters. The molecule has 1 aromatic carbocycles. The molecule has 0 spiro atoms. The maximum Gasteiger partial charge on any atom is 0.382 e. The number of carboxylic acids is 1. The van der Waals surface area contributed by atoms with Crippen LogP contribution in [0.1, 0.15) is 46.6 Å². The van der Waals surface area contributed by atoms with Gasteiger partial charge in [-0.05, 0) is 44.0 Å². The van der Waals surface area contributed by atoms with Crippen LogP contribution in [0.2, 0.25) is 0 Å². The summed E-state index contributed by atoms with van der Waals surface area (Å²) < 4.78 is 0. The molecule has 0 saturated heterocycles. The topological polar surface area (TPSA) is 54.4 Å². The summed E-state index contributed by atoms with van der Waals surface area (Å²) in [4.78, 5) is 21.6. The van der Waals surface area contributed by atoms with E-state index < -0.39 is 5.97 Å². The maximum absolute atomic E-state index is 11.3. The van der Waals surface area contributed by atoms with E-state index in [1.165, 1.54) is 0 Å². The van der Waals surface area contributed by atoms with E-state index in [0.29, 0.717) is 24.2 Å². The highest BCUT2D eigenvalue weighted by Gasteiger charge is 2.28. The molecule has 0 aromatic heterocycles. The highest BCUT2D eigenvalue weighted by atomic mass is 16.4. The van der Waals surface area contributed by atoms with Gasteiger partial charge < -0.3 is 5.11 Å². The fraction of sp³-hybridized carbons (Fsp3) is 0.333. The fourth-order valence-corrected chi connectivity index (χ4v) is 2.19. The van der Waals surface area contributed by atoms with Crippen LogP contribution in [0.4, 0.5) is 0 Å². The summed E-state index contributed by atoms with van der Waals surface area (Å²) >= 11 is 0. The third kappa shape index (κ3) is 4.51. The Bertz CT molecular complexity index is 675. The second kappa shape index (κ2) is 6.29. The zero-order valence-electron chi connectivity index (χ0n) is 11.9. The first kappa shape index (κ1) is 14.9. The Balaban J connectivity index is 0.00000242. The zero-order valence-corrected chi connectivity index (χ0v) is 11.9. The lowest BCUT2D eigenvalue weighted by molar-refractivity contribution is -0.130. The van der Waals surface area contributed by atoms with Crippen LogP contribution >= 0.6 is 0 Å². The predicted molar refractivity (Wildman–Crippen MR) is 83.6 cm³/mol. The number of carbonyl (C=O) groups excluding carboxylic acids is 1. The van der Waals surface area contributed by atoms with Crippen molar-refractivity contribution in [2.24, 2.45) is 5.41 Å². The molecule has 1 fully saturated rings. The van der Waals surface area contributed by atoms with Crippen molar-refractivity contribution in [1.82, 2.24) is 0 Å². The van der Waals surface area contributed by atoms with Gasteiger partial charge in [-0.25, -0.2) is 4.79 Å². The van der Waals surface area contributed by atoms with Gasteiger partial charge in [-0.3, -0.25) is 4.79 Å². The van der Waals surface area contributed by atoms with Gasteiger partial charge in [0.05, 0.1) is 0 Å². The molecule has 110 valence electrons. The maximum atomic E-state index is 11.3. The minimum absolute atomic E-state index is 0. The lowest BCUT2D eigenvalue weighted by atomic mass is 9.76. The number of carbonyl (C=O) groups is 2. The first-order chi connectivity index (χ1) is 9.97. The monoisotopic (exact) mass is 284 g/mol. The van der Waals surface area contributed by atoms with Gasteiger partial charge in [0.2, 0.25) is 0 Å². The Morgan fingerprint density at radius 3 is 2.19 bits per heavy atom. The van der Waals surface area contributed by atoms with Gasteiger partial charge in [-0.2, -0.15) is 0 Å². The van der Waals surface area contributed by atoms with Crippen LogP contribution in [-0.4, -0.2) is 16.9 Å². The van der Waals surface area contributed by atoms with Crippen molar-refractivity contribution in [3.8, 4) is 23.7 Å². The van der Waals surface area contributed by atoms with Gasteiger partial charge in [0.1, 0.15) is 5.78 Å². The molecule has 0 heterocycles. The minimum atomic E-state index is -1.14. The summed E-state index contributed by atoms with van der Waals surface area (Å²) in [5.74, 6) is 10.2. The van der Waals surface area contributed by atoms with Crippen LogP contribution in [0, 0.1) is 29.1 Å².